The summed E-state index contributed by atoms with van der Waals surface area (Å²) in [4.78, 5) is 13.6. The second kappa shape index (κ2) is 9.67. The largest absolute Gasteiger partial charge is 0.493 e. The van der Waals surface area contributed by atoms with E-state index in [2.05, 4.69) is 17.2 Å². The van der Waals surface area contributed by atoms with Gasteiger partial charge in [-0.15, -0.1) is 11.3 Å². The van der Waals surface area contributed by atoms with Crippen LogP contribution in [0, 0.1) is 11.8 Å². The zero-order valence-electron chi connectivity index (χ0n) is 16.4. The Hall–Kier alpha value is -3.43. The molecule has 148 valence electrons. The van der Waals surface area contributed by atoms with Crippen molar-refractivity contribution in [3.05, 3.63) is 69.9 Å². The van der Waals surface area contributed by atoms with E-state index in [0.29, 0.717) is 28.5 Å². The summed E-state index contributed by atoms with van der Waals surface area (Å²) in [7, 11) is 4.62. The molecule has 1 aromatic heterocycles. The summed E-state index contributed by atoms with van der Waals surface area (Å²) in [5.74, 6) is 7.56. The third-order valence-corrected chi connectivity index (χ3v) is 4.92. The predicted molar refractivity (Wildman–Crippen MR) is 115 cm³/mol. The molecule has 0 saturated carbocycles. The number of amides is 1. The highest BCUT2D eigenvalue weighted by atomic mass is 32.1. The highest BCUT2D eigenvalue weighted by Gasteiger charge is 2.17. The van der Waals surface area contributed by atoms with Gasteiger partial charge in [-0.3, -0.25) is 4.79 Å². The van der Waals surface area contributed by atoms with Gasteiger partial charge < -0.3 is 19.5 Å². The Balaban J connectivity index is 1.74. The Morgan fingerprint density at radius 3 is 2.48 bits per heavy atom. The summed E-state index contributed by atoms with van der Waals surface area (Å²) >= 11 is 1.59. The van der Waals surface area contributed by atoms with E-state index in [9.17, 15) is 4.79 Å². The third kappa shape index (κ3) is 5.09. The molecule has 0 aliphatic heterocycles. The minimum absolute atomic E-state index is 0.134. The van der Waals surface area contributed by atoms with Crippen molar-refractivity contribution >= 4 is 22.9 Å². The van der Waals surface area contributed by atoms with Crippen LogP contribution in [-0.2, 0) is 11.2 Å². The van der Waals surface area contributed by atoms with E-state index in [1.165, 1.54) is 14.2 Å². The molecule has 1 heterocycles. The molecule has 3 rings (SSSR count). The highest BCUT2D eigenvalue weighted by Crippen LogP contribution is 2.39. The molecule has 2 aromatic carbocycles. The molecule has 5 nitrogen and oxygen atoms in total. The smallest absolute Gasteiger partial charge is 0.228 e. The maximum Gasteiger partial charge on any atom is 0.228 e. The molecule has 1 N–H and O–H groups in total. The van der Waals surface area contributed by atoms with Gasteiger partial charge in [0, 0.05) is 16.8 Å². The number of hydrogen-bond donors (Lipinski definition) is 1. The quantitative estimate of drug-likeness (QED) is 0.617. The van der Waals surface area contributed by atoms with Gasteiger partial charge in [-0.1, -0.05) is 30.0 Å². The molecule has 0 aliphatic carbocycles. The first-order chi connectivity index (χ1) is 14.1. The van der Waals surface area contributed by atoms with Gasteiger partial charge in [0.2, 0.25) is 11.7 Å². The number of nitrogens with one attached hydrogen (secondary N) is 1. The van der Waals surface area contributed by atoms with Crippen LogP contribution in [0.2, 0.25) is 0 Å². The maximum absolute atomic E-state index is 12.6. The summed E-state index contributed by atoms with van der Waals surface area (Å²) in [6.07, 6.45) is 0.134. The van der Waals surface area contributed by atoms with Crippen molar-refractivity contribution in [1.29, 1.82) is 0 Å². The van der Waals surface area contributed by atoms with Gasteiger partial charge >= 0.3 is 0 Å². The predicted octanol–water partition coefficient (Wildman–Crippen LogP) is 4.35. The van der Waals surface area contributed by atoms with Crippen LogP contribution in [0.25, 0.3) is 0 Å². The van der Waals surface area contributed by atoms with Crippen LogP contribution < -0.4 is 19.5 Å². The molecular formula is C23H21NO4S. The Bertz CT molecular complexity index is 1050. The van der Waals surface area contributed by atoms with E-state index in [0.717, 1.165) is 10.4 Å². The normalized spacial score (nSPS) is 9.90. The average Bonchev–Trinajstić information content (AvgIpc) is 3.25. The van der Waals surface area contributed by atoms with Crippen LogP contribution in [0.1, 0.15) is 16.0 Å². The lowest BCUT2D eigenvalue weighted by Crippen LogP contribution is -2.15. The molecular weight excluding hydrogens is 386 g/mol. The highest BCUT2D eigenvalue weighted by molar-refractivity contribution is 7.10. The van der Waals surface area contributed by atoms with E-state index >= 15 is 0 Å². The second-order valence-electron chi connectivity index (χ2n) is 6.03. The molecule has 0 radical (unpaired) electrons. The molecule has 0 aliphatic rings. The lowest BCUT2D eigenvalue weighted by atomic mass is 10.1. The van der Waals surface area contributed by atoms with Crippen LogP contribution in [0.15, 0.2) is 53.9 Å². The molecule has 6 heteroatoms. The summed E-state index contributed by atoms with van der Waals surface area (Å²) in [6.45, 7) is 0. The maximum atomic E-state index is 12.6. The molecule has 29 heavy (non-hydrogen) atoms. The van der Waals surface area contributed by atoms with Crippen LogP contribution in [-0.4, -0.2) is 27.2 Å². The Kier molecular flexibility index (Phi) is 6.77. The number of methoxy groups -OCH3 is 3. The number of ether oxygens (including phenoxy) is 3. The Morgan fingerprint density at radius 1 is 0.966 bits per heavy atom. The van der Waals surface area contributed by atoms with Gasteiger partial charge in [-0.2, -0.15) is 0 Å². The van der Waals surface area contributed by atoms with Gasteiger partial charge in [-0.25, -0.2) is 0 Å². The summed E-state index contributed by atoms with van der Waals surface area (Å²) < 4.78 is 16.1. The zero-order chi connectivity index (χ0) is 20.6. The summed E-state index contributed by atoms with van der Waals surface area (Å²) in [5, 5.41) is 4.90. The van der Waals surface area contributed by atoms with Crippen molar-refractivity contribution in [1.82, 2.24) is 0 Å². The number of carbonyl (C=O) groups excluding carboxylic acids is 1. The standard InChI is InChI=1S/C23H21NO4S/c1-26-20-12-10-17(22(27-2)23(20)28-3)15-21(25)24-18-7-4-6-16(14-18)9-11-19-8-5-13-29-19/h4-8,10,12-14H,15H2,1-3H3,(H,24,25). The molecule has 0 atom stereocenters. The fourth-order valence-corrected chi connectivity index (χ4v) is 3.41. The van der Waals surface area contributed by atoms with Gasteiger partial charge in [-0.05, 0) is 35.7 Å². The van der Waals surface area contributed by atoms with Crippen LogP contribution in [0.5, 0.6) is 17.2 Å². The average molecular weight is 407 g/mol. The zero-order valence-corrected chi connectivity index (χ0v) is 17.3. The van der Waals surface area contributed by atoms with Gasteiger partial charge in [0.25, 0.3) is 0 Å². The number of anilines is 1. The van der Waals surface area contributed by atoms with Gasteiger partial charge in [0.1, 0.15) is 0 Å². The molecule has 0 bridgehead atoms. The van der Waals surface area contributed by atoms with Crippen molar-refractivity contribution in [2.45, 2.75) is 6.42 Å². The van der Waals surface area contributed by atoms with Crippen molar-refractivity contribution in [2.75, 3.05) is 26.6 Å². The molecule has 0 unspecified atom stereocenters. The summed E-state index contributed by atoms with van der Waals surface area (Å²) in [6, 6.07) is 14.9. The van der Waals surface area contributed by atoms with Crippen LogP contribution in [0.4, 0.5) is 5.69 Å². The molecule has 1 amide bonds. The van der Waals surface area contributed by atoms with Crippen LogP contribution >= 0.6 is 11.3 Å². The Labute approximate surface area is 174 Å². The first-order valence-electron chi connectivity index (χ1n) is 8.88. The first-order valence-corrected chi connectivity index (χ1v) is 9.76. The van der Waals surface area contributed by atoms with Crippen LogP contribution in [0.3, 0.4) is 0 Å². The molecule has 0 saturated heterocycles. The third-order valence-electron chi connectivity index (χ3n) is 4.13. The lowest BCUT2D eigenvalue weighted by molar-refractivity contribution is -0.115. The van der Waals surface area contributed by atoms with Crippen molar-refractivity contribution < 1.29 is 19.0 Å². The van der Waals surface area contributed by atoms with Crippen molar-refractivity contribution in [3.63, 3.8) is 0 Å². The number of benzene rings is 2. The van der Waals surface area contributed by atoms with Crippen molar-refractivity contribution in [3.8, 4) is 29.1 Å². The molecule has 0 spiro atoms. The van der Waals surface area contributed by atoms with E-state index in [1.807, 2.05) is 41.8 Å². The van der Waals surface area contributed by atoms with E-state index in [4.69, 9.17) is 14.2 Å². The van der Waals surface area contributed by atoms with Crippen molar-refractivity contribution in [2.24, 2.45) is 0 Å². The monoisotopic (exact) mass is 407 g/mol. The fourth-order valence-electron chi connectivity index (χ4n) is 2.84. The topological polar surface area (TPSA) is 56.8 Å². The molecule has 0 fully saturated rings. The van der Waals surface area contributed by atoms with E-state index in [-0.39, 0.29) is 12.3 Å². The fraction of sp³-hybridized carbons (Fsp3) is 0.174. The minimum Gasteiger partial charge on any atom is -0.493 e. The van der Waals surface area contributed by atoms with Gasteiger partial charge in [0.15, 0.2) is 11.5 Å². The first kappa shape index (κ1) is 20.3. The van der Waals surface area contributed by atoms with Gasteiger partial charge in [0.05, 0.1) is 32.6 Å². The van der Waals surface area contributed by atoms with E-state index < -0.39 is 0 Å². The number of rotatable bonds is 6. The lowest BCUT2D eigenvalue weighted by Gasteiger charge is -2.15. The molecule has 3 aromatic rings. The minimum atomic E-state index is -0.168. The van der Waals surface area contributed by atoms with E-state index in [1.54, 1.807) is 30.6 Å². The SMILES string of the molecule is COc1ccc(CC(=O)Nc2cccc(C#Cc3cccs3)c2)c(OC)c1OC. The summed E-state index contributed by atoms with van der Waals surface area (Å²) in [5.41, 5.74) is 2.23. The number of thiophene rings is 1. The Morgan fingerprint density at radius 2 is 1.79 bits per heavy atom. The number of hydrogen-bond acceptors (Lipinski definition) is 5. The second-order valence-corrected chi connectivity index (χ2v) is 6.97. The number of carbonyl (C=O) groups is 1.